The van der Waals surface area contributed by atoms with E-state index in [1.165, 1.54) is 6.92 Å². The van der Waals surface area contributed by atoms with Crippen LogP contribution >= 0.6 is 0 Å². The van der Waals surface area contributed by atoms with Gasteiger partial charge in [-0.1, -0.05) is 6.92 Å². The second-order valence-corrected chi connectivity index (χ2v) is 4.82. The molecule has 0 atom stereocenters. The van der Waals surface area contributed by atoms with Gasteiger partial charge in [0.15, 0.2) is 0 Å². The molecular weight excluding hydrogens is 272 g/mol. The quantitative estimate of drug-likeness (QED) is 0.439. The van der Waals surface area contributed by atoms with Crippen LogP contribution in [-0.2, 0) is 20.7 Å². The Morgan fingerprint density at radius 2 is 1.90 bits per heavy atom. The molecule has 0 aromatic heterocycles. The van der Waals surface area contributed by atoms with Gasteiger partial charge in [0.2, 0.25) is 0 Å². The van der Waals surface area contributed by atoms with Crippen LogP contribution in [0.1, 0.15) is 43.6 Å². The van der Waals surface area contributed by atoms with Gasteiger partial charge in [0.25, 0.3) is 0 Å². The number of ether oxygens (including phenoxy) is 3. The molecule has 5 heteroatoms. The van der Waals surface area contributed by atoms with E-state index in [0.29, 0.717) is 30.9 Å². The Labute approximate surface area is 125 Å². The monoisotopic (exact) mass is 294 g/mol. The first-order valence-electron chi connectivity index (χ1n) is 7.04. The fraction of sp³-hybridized carbons (Fsp3) is 0.500. The minimum absolute atomic E-state index is 0.170. The molecule has 0 unspecified atom stereocenters. The van der Waals surface area contributed by atoms with E-state index < -0.39 is 11.9 Å². The maximum Gasteiger partial charge on any atom is 0.346 e. The second-order valence-electron chi connectivity index (χ2n) is 4.82. The third kappa shape index (κ3) is 5.95. The van der Waals surface area contributed by atoms with Crippen molar-refractivity contribution in [2.24, 2.45) is 0 Å². The molecule has 0 heterocycles. The van der Waals surface area contributed by atoms with Gasteiger partial charge in [-0.25, -0.2) is 4.79 Å². The molecule has 21 heavy (non-hydrogen) atoms. The summed E-state index contributed by atoms with van der Waals surface area (Å²) in [5, 5.41) is 0. The predicted octanol–water partition coefficient (Wildman–Crippen LogP) is 2.76. The second kappa shape index (κ2) is 8.42. The number of hydrogen-bond acceptors (Lipinski definition) is 5. The first-order valence-corrected chi connectivity index (χ1v) is 7.04. The van der Waals surface area contributed by atoms with E-state index in [1.54, 1.807) is 18.2 Å². The molecule has 1 aromatic carbocycles. The van der Waals surface area contributed by atoms with E-state index in [2.05, 4.69) is 4.74 Å². The lowest BCUT2D eigenvalue weighted by Crippen LogP contribution is -2.13. The lowest BCUT2D eigenvalue weighted by atomic mass is 10.1. The zero-order valence-electron chi connectivity index (χ0n) is 13.0. The van der Waals surface area contributed by atoms with Crippen molar-refractivity contribution in [2.75, 3.05) is 13.2 Å². The maximum atomic E-state index is 11.8. The normalized spacial score (nSPS) is 10.5. The molecule has 0 bridgehead atoms. The van der Waals surface area contributed by atoms with Crippen LogP contribution in [0.5, 0.6) is 5.75 Å². The number of aryl methyl sites for hydroxylation is 1. The predicted molar refractivity (Wildman–Crippen MR) is 78.5 cm³/mol. The summed E-state index contributed by atoms with van der Waals surface area (Å²) in [4.78, 5) is 22.6. The number of esters is 2. The van der Waals surface area contributed by atoms with Crippen LogP contribution in [0, 0.1) is 0 Å². The minimum atomic E-state index is -0.631. The van der Waals surface area contributed by atoms with Gasteiger partial charge in [-0.3, -0.25) is 4.79 Å². The fourth-order valence-corrected chi connectivity index (χ4v) is 1.78. The molecule has 1 aromatic rings. The Morgan fingerprint density at radius 1 is 1.19 bits per heavy atom. The Balaban J connectivity index is 2.70. The van der Waals surface area contributed by atoms with Gasteiger partial charge in [-0.15, -0.1) is 0 Å². The lowest BCUT2D eigenvalue weighted by molar-refractivity contribution is -0.135. The van der Waals surface area contributed by atoms with Gasteiger partial charge in [-0.05, 0) is 44.0 Å². The van der Waals surface area contributed by atoms with Crippen molar-refractivity contribution in [3.63, 3.8) is 0 Å². The Bertz CT molecular complexity index is 493. The Morgan fingerprint density at radius 3 is 2.48 bits per heavy atom. The largest absolute Gasteiger partial charge is 0.491 e. The van der Waals surface area contributed by atoms with Crippen molar-refractivity contribution in [3.8, 4) is 5.75 Å². The zero-order chi connectivity index (χ0) is 15.8. The highest BCUT2D eigenvalue weighted by atomic mass is 16.6. The number of rotatable bonds is 7. The van der Waals surface area contributed by atoms with Crippen LogP contribution in [0.2, 0.25) is 0 Å². The molecule has 0 aliphatic heterocycles. The summed E-state index contributed by atoms with van der Waals surface area (Å²) in [6, 6.07) is 5.08. The third-order valence-electron chi connectivity index (χ3n) is 2.72. The molecule has 0 spiro atoms. The molecule has 0 fully saturated rings. The average molecular weight is 294 g/mol. The number of hydrogen-bond donors (Lipinski definition) is 0. The summed E-state index contributed by atoms with van der Waals surface area (Å²) in [6.07, 6.45) is 0.811. The summed E-state index contributed by atoms with van der Waals surface area (Å²) in [5.74, 6) is -0.583. The van der Waals surface area contributed by atoms with Gasteiger partial charge in [-0.2, -0.15) is 0 Å². The molecule has 0 aliphatic rings. The number of carbonyl (C=O) groups excluding carboxylic acids is 2. The summed E-state index contributed by atoms with van der Waals surface area (Å²) >= 11 is 0. The van der Waals surface area contributed by atoms with Crippen molar-refractivity contribution in [2.45, 2.75) is 40.2 Å². The first-order chi connectivity index (χ1) is 9.93. The highest BCUT2D eigenvalue weighted by Gasteiger charge is 2.14. The van der Waals surface area contributed by atoms with Crippen molar-refractivity contribution < 1.29 is 23.8 Å². The molecule has 0 saturated heterocycles. The van der Waals surface area contributed by atoms with Crippen molar-refractivity contribution >= 4 is 11.9 Å². The number of carbonyl (C=O) groups is 2. The molecule has 0 aliphatic carbocycles. The van der Waals surface area contributed by atoms with Crippen LogP contribution < -0.4 is 4.74 Å². The highest BCUT2D eigenvalue weighted by molar-refractivity contribution is 5.97. The Kier molecular flexibility index (Phi) is 6.88. The molecule has 0 amide bonds. The van der Waals surface area contributed by atoms with Crippen molar-refractivity contribution in [3.05, 3.63) is 29.3 Å². The SMILES string of the molecule is CCc1cc(OCCOC(C)C)ccc1C(=O)OC(C)=O. The van der Waals surface area contributed by atoms with Gasteiger partial charge in [0.05, 0.1) is 18.3 Å². The van der Waals surface area contributed by atoms with Crippen molar-refractivity contribution in [1.29, 1.82) is 0 Å². The highest BCUT2D eigenvalue weighted by Crippen LogP contribution is 2.19. The van der Waals surface area contributed by atoms with E-state index in [4.69, 9.17) is 9.47 Å². The van der Waals surface area contributed by atoms with Gasteiger partial charge < -0.3 is 14.2 Å². The van der Waals surface area contributed by atoms with Crippen molar-refractivity contribution in [1.82, 2.24) is 0 Å². The standard InChI is InChI=1S/C16H22O5/c1-5-13-10-14(20-9-8-19-11(2)3)6-7-15(13)16(18)21-12(4)17/h6-7,10-11H,5,8-9H2,1-4H3. The lowest BCUT2D eigenvalue weighted by Gasteiger charge is -2.12. The summed E-state index contributed by atoms with van der Waals surface area (Å²) in [7, 11) is 0. The molecule has 0 radical (unpaired) electrons. The van der Waals surface area contributed by atoms with E-state index in [-0.39, 0.29) is 6.10 Å². The fourth-order valence-electron chi connectivity index (χ4n) is 1.78. The van der Waals surface area contributed by atoms with Gasteiger partial charge in [0, 0.05) is 6.92 Å². The topological polar surface area (TPSA) is 61.8 Å². The number of benzene rings is 1. The van der Waals surface area contributed by atoms with Crippen LogP contribution in [0.4, 0.5) is 0 Å². The van der Waals surface area contributed by atoms with Crippen LogP contribution in [0.15, 0.2) is 18.2 Å². The van der Waals surface area contributed by atoms with Gasteiger partial charge >= 0.3 is 11.9 Å². The zero-order valence-corrected chi connectivity index (χ0v) is 13.0. The molecule has 0 N–H and O–H groups in total. The van der Waals surface area contributed by atoms with Crippen LogP contribution in [-0.4, -0.2) is 31.3 Å². The summed E-state index contributed by atoms with van der Waals surface area (Å²) in [5.41, 5.74) is 1.17. The maximum absolute atomic E-state index is 11.8. The molecule has 116 valence electrons. The van der Waals surface area contributed by atoms with Gasteiger partial charge in [0.1, 0.15) is 12.4 Å². The van der Waals surface area contributed by atoms with Crippen LogP contribution in [0.25, 0.3) is 0 Å². The summed E-state index contributed by atoms with van der Waals surface area (Å²) < 4.78 is 15.6. The van der Waals surface area contributed by atoms with E-state index >= 15 is 0 Å². The average Bonchev–Trinajstić information content (AvgIpc) is 2.42. The minimum Gasteiger partial charge on any atom is -0.491 e. The van der Waals surface area contributed by atoms with Crippen LogP contribution in [0.3, 0.4) is 0 Å². The van der Waals surface area contributed by atoms with E-state index in [1.807, 2.05) is 20.8 Å². The van der Waals surface area contributed by atoms with E-state index in [9.17, 15) is 9.59 Å². The third-order valence-corrected chi connectivity index (χ3v) is 2.72. The molecular formula is C16H22O5. The van der Waals surface area contributed by atoms with E-state index in [0.717, 1.165) is 5.56 Å². The Hall–Kier alpha value is -1.88. The molecule has 5 nitrogen and oxygen atoms in total. The first kappa shape index (κ1) is 17.2. The summed E-state index contributed by atoms with van der Waals surface area (Å²) in [6.45, 7) is 8.00. The smallest absolute Gasteiger partial charge is 0.346 e. The molecule has 0 saturated carbocycles. The molecule has 1 rings (SSSR count).